The minimum atomic E-state index is 0.350. The van der Waals surface area contributed by atoms with Crippen molar-refractivity contribution in [2.75, 3.05) is 14.1 Å². The maximum absolute atomic E-state index is 11.0. The Bertz CT molecular complexity index is 1240. The quantitative estimate of drug-likeness (QED) is 0.508. The van der Waals surface area contributed by atoms with Crippen molar-refractivity contribution >= 4 is 11.9 Å². The van der Waals surface area contributed by atoms with Crippen LogP contribution in [0.2, 0.25) is 0 Å². The summed E-state index contributed by atoms with van der Waals surface area (Å²) >= 11 is 0. The SMILES string of the molecule is CNC.Cc1cc(-c2cc(C3CC3c3ccnc(C=O)c3)nn2C)nn2c(C)nnc12. The average Bonchev–Trinajstić information content (AvgIpc) is 3.34. The summed E-state index contributed by atoms with van der Waals surface area (Å²) < 4.78 is 3.65. The van der Waals surface area contributed by atoms with Crippen molar-refractivity contribution in [2.45, 2.75) is 32.1 Å². The second kappa shape index (κ2) is 8.35. The van der Waals surface area contributed by atoms with Crippen LogP contribution >= 0.6 is 0 Å². The number of nitrogens with zero attached hydrogens (tertiary/aromatic N) is 7. The van der Waals surface area contributed by atoms with Crippen LogP contribution in [0, 0.1) is 13.8 Å². The highest BCUT2D eigenvalue weighted by Crippen LogP contribution is 2.54. The molecule has 0 aromatic carbocycles. The number of aryl methyl sites for hydroxylation is 3. The molecular weight excluding hydrogens is 392 g/mol. The van der Waals surface area contributed by atoms with Crippen LogP contribution in [0.15, 0.2) is 30.5 Å². The lowest BCUT2D eigenvalue weighted by Gasteiger charge is -2.04. The van der Waals surface area contributed by atoms with E-state index in [2.05, 4.69) is 26.6 Å². The molecule has 160 valence electrons. The molecular formula is C22H26N8O. The molecule has 1 aliphatic rings. The third-order valence-electron chi connectivity index (χ3n) is 5.40. The van der Waals surface area contributed by atoms with E-state index in [0.717, 1.165) is 52.4 Å². The van der Waals surface area contributed by atoms with Gasteiger partial charge in [-0.15, -0.1) is 10.2 Å². The van der Waals surface area contributed by atoms with Crippen LogP contribution in [0.1, 0.15) is 51.4 Å². The molecule has 5 rings (SSSR count). The maximum atomic E-state index is 11.0. The number of nitrogens with one attached hydrogen (secondary N) is 1. The molecule has 1 N–H and O–H groups in total. The highest BCUT2D eigenvalue weighted by molar-refractivity contribution is 5.72. The van der Waals surface area contributed by atoms with Gasteiger partial charge in [-0.25, -0.2) is 0 Å². The Kier molecular flexibility index (Phi) is 5.60. The molecule has 0 spiro atoms. The topological polar surface area (TPSA) is 103 Å². The fourth-order valence-electron chi connectivity index (χ4n) is 3.82. The Hall–Kier alpha value is -3.46. The van der Waals surface area contributed by atoms with E-state index in [9.17, 15) is 4.79 Å². The molecule has 0 bridgehead atoms. The molecule has 9 heteroatoms. The Morgan fingerprint density at radius 3 is 2.61 bits per heavy atom. The van der Waals surface area contributed by atoms with Gasteiger partial charge in [0, 0.05) is 19.2 Å². The van der Waals surface area contributed by atoms with Crippen molar-refractivity contribution in [3.8, 4) is 11.4 Å². The van der Waals surface area contributed by atoms with E-state index >= 15 is 0 Å². The molecule has 1 saturated carbocycles. The molecule has 4 heterocycles. The van der Waals surface area contributed by atoms with Gasteiger partial charge in [0.2, 0.25) is 0 Å². The number of hydrogen-bond acceptors (Lipinski definition) is 7. The van der Waals surface area contributed by atoms with Crippen molar-refractivity contribution in [3.63, 3.8) is 0 Å². The summed E-state index contributed by atoms with van der Waals surface area (Å²) in [6, 6.07) is 7.98. The Morgan fingerprint density at radius 2 is 1.87 bits per heavy atom. The summed E-state index contributed by atoms with van der Waals surface area (Å²) in [6.45, 7) is 3.90. The number of pyridine rings is 1. The van der Waals surface area contributed by atoms with Gasteiger partial charge >= 0.3 is 0 Å². The van der Waals surface area contributed by atoms with Crippen molar-refractivity contribution in [1.29, 1.82) is 0 Å². The molecule has 1 aliphatic carbocycles. The standard InChI is InChI=1S/C20H19N7O.C2H7N/c1-11-6-18(25-27-12(2)22-23-20(11)27)19-9-17(24-26(19)3)16-8-15(16)13-4-5-21-14(7-13)10-28;1-3-2/h4-7,9-10,15-16H,8H2,1-3H3;3H,1-2H3. The highest BCUT2D eigenvalue weighted by Gasteiger charge is 2.41. The Morgan fingerprint density at radius 1 is 1.10 bits per heavy atom. The van der Waals surface area contributed by atoms with Crippen molar-refractivity contribution in [3.05, 3.63) is 58.8 Å². The lowest BCUT2D eigenvalue weighted by molar-refractivity contribution is 0.111. The maximum Gasteiger partial charge on any atom is 0.180 e. The number of carbonyl (C=O) groups is 1. The zero-order chi connectivity index (χ0) is 22.1. The van der Waals surface area contributed by atoms with Gasteiger partial charge in [-0.1, -0.05) is 0 Å². The fraction of sp³-hybridized carbons (Fsp3) is 0.364. The zero-order valence-electron chi connectivity index (χ0n) is 18.4. The first-order chi connectivity index (χ1) is 15.0. The van der Waals surface area contributed by atoms with Gasteiger partial charge in [-0.05, 0) is 75.7 Å². The summed E-state index contributed by atoms with van der Waals surface area (Å²) in [5.74, 6) is 1.48. The monoisotopic (exact) mass is 418 g/mol. The summed E-state index contributed by atoms with van der Waals surface area (Å²) in [6.07, 6.45) is 3.51. The lowest BCUT2D eigenvalue weighted by atomic mass is 10.1. The first-order valence-corrected chi connectivity index (χ1v) is 10.2. The van der Waals surface area contributed by atoms with E-state index in [0.29, 0.717) is 17.5 Å². The van der Waals surface area contributed by atoms with Crippen molar-refractivity contribution in [1.82, 2.24) is 39.9 Å². The van der Waals surface area contributed by atoms with Gasteiger partial charge in [0.15, 0.2) is 17.8 Å². The van der Waals surface area contributed by atoms with Crippen LogP contribution in [0.5, 0.6) is 0 Å². The van der Waals surface area contributed by atoms with E-state index in [1.54, 1.807) is 10.7 Å². The van der Waals surface area contributed by atoms with E-state index in [4.69, 9.17) is 10.2 Å². The predicted molar refractivity (Wildman–Crippen MR) is 117 cm³/mol. The first kappa shape index (κ1) is 20.8. The van der Waals surface area contributed by atoms with E-state index in [-0.39, 0.29) is 0 Å². The van der Waals surface area contributed by atoms with Gasteiger partial charge < -0.3 is 5.32 Å². The fourth-order valence-corrected chi connectivity index (χ4v) is 3.82. The number of aldehydes is 1. The molecule has 0 saturated heterocycles. The van der Waals surface area contributed by atoms with Gasteiger partial charge in [-0.3, -0.25) is 14.5 Å². The van der Waals surface area contributed by atoms with Crippen LogP contribution in [0.25, 0.3) is 17.0 Å². The zero-order valence-corrected chi connectivity index (χ0v) is 18.4. The summed E-state index contributed by atoms with van der Waals surface area (Å²) in [5, 5.41) is 20.5. The van der Waals surface area contributed by atoms with Crippen molar-refractivity contribution < 1.29 is 4.79 Å². The number of fused-ring (bicyclic) bond motifs is 1. The van der Waals surface area contributed by atoms with Gasteiger partial charge in [0.05, 0.1) is 11.4 Å². The summed E-state index contributed by atoms with van der Waals surface area (Å²) in [5.41, 5.74) is 6.27. The Labute approximate surface area is 180 Å². The first-order valence-electron chi connectivity index (χ1n) is 10.2. The van der Waals surface area contributed by atoms with Crippen LogP contribution in [-0.4, -0.2) is 55.0 Å². The normalized spacial score (nSPS) is 17.3. The van der Waals surface area contributed by atoms with Crippen molar-refractivity contribution in [2.24, 2.45) is 7.05 Å². The smallest absolute Gasteiger partial charge is 0.180 e. The van der Waals surface area contributed by atoms with Crippen LogP contribution in [0.3, 0.4) is 0 Å². The highest BCUT2D eigenvalue weighted by atomic mass is 16.1. The van der Waals surface area contributed by atoms with Crippen LogP contribution in [-0.2, 0) is 7.05 Å². The van der Waals surface area contributed by atoms with Gasteiger partial charge in [0.25, 0.3) is 0 Å². The molecule has 31 heavy (non-hydrogen) atoms. The minimum Gasteiger partial charge on any atom is -0.323 e. The molecule has 2 atom stereocenters. The molecule has 0 amide bonds. The average molecular weight is 419 g/mol. The predicted octanol–water partition coefficient (Wildman–Crippen LogP) is 2.46. The molecule has 2 unspecified atom stereocenters. The summed E-state index contributed by atoms with van der Waals surface area (Å²) in [4.78, 5) is 15.0. The summed E-state index contributed by atoms with van der Waals surface area (Å²) in [7, 11) is 5.69. The molecule has 0 aliphatic heterocycles. The minimum absolute atomic E-state index is 0.350. The third-order valence-corrected chi connectivity index (χ3v) is 5.40. The second-order valence-corrected chi connectivity index (χ2v) is 7.85. The van der Waals surface area contributed by atoms with Crippen LogP contribution < -0.4 is 5.32 Å². The van der Waals surface area contributed by atoms with Crippen LogP contribution in [0.4, 0.5) is 0 Å². The Balaban J connectivity index is 0.000000730. The molecule has 0 radical (unpaired) electrons. The molecule has 1 fully saturated rings. The number of aromatic nitrogens is 7. The van der Waals surface area contributed by atoms with E-state index < -0.39 is 0 Å². The van der Waals surface area contributed by atoms with E-state index in [1.807, 2.05) is 57.9 Å². The third kappa shape index (κ3) is 3.96. The molecule has 9 nitrogen and oxygen atoms in total. The molecule has 4 aromatic rings. The van der Waals surface area contributed by atoms with Gasteiger partial charge in [-0.2, -0.15) is 14.7 Å². The van der Waals surface area contributed by atoms with Gasteiger partial charge in [0.1, 0.15) is 11.4 Å². The molecule has 4 aromatic heterocycles. The lowest BCUT2D eigenvalue weighted by Crippen LogP contribution is -2.02. The second-order valence-electron chi connectivity index (χ2n) is 7.85. The number of hydrogen-bond donors (Lipinski definition) is 1. The number of carbonyl (C=O) groups excluding carboxylic acids is 1. The largest absolute Gasteiger partial charge is 0.323 e. The van der Waals surface area contributed by atoms with E-state index in [1.165, 1.54) is 0 Å². The number of rotatable bonds is 4.